The Kier molecular flexibility index (Phi) is 3.71. The molecule has 18 heavy (non-hydrogen) atoms. The summed E-state index contributed by atoms with van der Waals surface area (Å²) in [6.07, 6.45) is 0.235. The average Bonchev–Trinajstić information content (AvgIpc) is 2.60. The highest BCUT2D eigenvalue weighted by molar-refractivity contribution is 9.10. The number of likely N-dealkylation sites (N-methyl/N-ethyl adjacent to an activating group) is 1. The van der Waals surface area contributed by atoms with Crippen LogP contribution in [0.3, 0.4) is 0 Å². The van der Waals surface area contributed by atoms with Crippen LogP contribution in [0.4, 0.5) is 5.69 Å². The zero-order chi connectivity index (χ0) is 13.3. The van der Waals surface area contributed by atoms with Crippen molar-refractivity contribution in [1.82, 2.24) is 4.90 Å². The highest BCUT2D eigenvalue weighted by Crippen LogP contribution is 2.26. The van der Waals surface area contributed by atoms with E-state index < -0.39 is 6.04 Å². The van der Waals surface area contributed by atoms with Crippen LogP contribution in [0.2, 0.25) is 0 Å². The molecule has 0 saturated carbocycles. The quantitative estimate of drug-likeness (QED) is 0.872. The first-order valence-corrected chi connectivity index (χ1v) is 6.69. The van der Waals surface area contributed by atoms with Crippen LogP contribution >= 0.6 is 15.9 Å². The van der Waals surface area contributed by atoms with E-state index in [0.717, 1.165) is 15.7 Å². The summed E-state index contributed by atoms with van der Waals surface area (Å²) in [7, 11) is 0. The van der Waals surface area contributed by atoms with E-state index in [1.165, 1.54) is 4.90 Å². The third kappa shape index (κ3) is 2.27. The number of hydrogen-bond donors (Lipinski definition) is 1. The van der Waals surface area contributed by atoms with Crippen molar-refractivity contribution in [3.63, 3.8) is 0 Å². The first-order chi connectivity index (χ1) is 8.54. The number of carbonyl (C=O) groups is 2. The third-order valence-electron chi connectivity index (χ3n) is 3.16. The number of benzene rings is 1. The average molecular weight is 311 g/mol. The number of likely N-dealkylation sites (tertiary alicyclic amines) is 1. The minimum atomic E-state index is -0.439. The molecule has 0 spiro atoms. The molecule has 5 heteroatoms. The summed E-state index contributed by atoms with van der Waals surface area (Å²) in [5.74, 6) is -0.241. The Labute approximate surface area is 114 Å². The predicted octanol–water partition coefficient (Wildman–Crippen LogP) is 2.32. The van der Waals surface area contributed by atoms with Gasteiger partial charge in [0.15, 0.2) is 0 Å². The Balaban J connectivity index is 2.18. The Hall–Kier alpha value is -1.36. The van der Waals surface area contributed by atoms with Gasteiger partial charge in [0, 0.05) is 16.7 Å². The number of rotatable bonds is 3. The lowest BCUT2D eigenvalue weighted by Gasteiger charge is -2.16. The summed E-state index contributed by atoms with van der Waals surface area (Å²) in [4.78, 5) is 24.9. The summed E-state index contributed by atoms with van der Waals surface area (Å²) in [5, 5.41) is 3.15. The first-order valence-electron chi connectivity index (χ1n) is 5.90. The van der Waals surface area contributed by atoms with E-state index in [2.05, 4.69) is 21.2 Å². The van der Waals surface area contributed by atoms with Gasteiger partial charge in [-0.05, 0) is 31.5 Å². The molecule has 1 saturated heterocycles. The zero-order valence-corrected chi connectivity index (χ0v) is 12.0. The number of amides is 2. The van der Waals surface area contributed by atoms with E-state index >= 15 is 0 Å². The minimum Gasteiger partial charge on any atom is -0.373 e. The molecule has 1 unspecified atom stereocenters. The van der Waals surface area contributed by atoms with Crippen molar-refractivity contribution in [2.75, 3.05) is 11.9 Å². The molecule has 1 aromatic rings. The molecule has 1 aromatic carbocycles. The molecule has 1 aliphatic rings. The fraction of sp³-hybridized carbons (Fsp3) is 0.385. The van der Waals surface area contributed by atoms with Crippen LogP contribution in [0.1, 0.15) is 18.9 Å². The number of carbonyl (C=O) groups excluding carboxylic acids is 2. The number of nitrogens with one attached hydrogen (secondary N) is 1. The van der Waals surface area contributed by atoms with Crippen LogP contribution in [-0.2, 0) is 9.59 Å². The van der Waals surface area contributed by atoms with Gasteiger partial charge in [-0.1, -0.05) is 22.0 Å². The molecule has 0 aliphatic carbocycles. The smallest absolute Gasteiger partial charge is 0.252 e. The highest BCUT2D eigenvalue weighted by Gasteiger charge is 2.37. The van der Waals surface area contributed by atoms with Crippen LogP contribution in [0.25, 0.3) is 0 Å². The van der Waals surface area contributed by atoms with E-state index in [0.29, 0.717) is 6.54 Å². The number of anilines is 1. The second-order valence-corrected chi connectivity index (χ2v) is 5.14. The summed E-state index contributed by atoms with van der Waals surface area (Å²) in [6.45, 7) is 4.21. The van der Waals surface area contributed by atoms with Gasteiger partial charge in [0.2, 0.25) is 5.91 Å². The maximum absolute atomic E-state index is 12.0. The van der Waals surface area contributed by atoms with Gasteiger partial charge in [0.1, 0.15) is 6.04 Å². The largest absolute Gasteiger partial charge is 0.373 e. The lowest BCUT2D eigenvalue weighted by molar-refractivity contribution is -0.138. The molecule has 1 heterocycles. The van der Waals surface area contributed by atoms with Crippen molar-refractivity contribution in [3.8, 4) is 0 Å². The topological polar surface area (TPSA) is 49.4 Å². The van der Waals surface area contributed by atoms with Gasteiger partial charge >= 0.3 is 0 Å². The third-order valence-corrected chi connectivity index (χ3v) is 4.02. The summed E-state index contributed by atoms with van der Waals surface area (Å²) < 4.78 is 0.983. The monoisotopic (exact) mass is 310 g/mol. The highest BCUT2D eigenvalue weighted by atomic mass is 79.9. The van der Waals surface area contributed by atoms with Crippen molar-refractivity contribution >= 4 is 33.4 Å². The van der Waals surface area contributed by atoms with Gasteiger partial charge in [0.05, 0.1) is 6.42 Å². The van der Waals surface area contributed by atoms with Crippen molar-refractivity contribution in [2.45, 2.75) is 26.3 Å². The van der Waals surface area contributed by atoms with Crippen molar-refractivity contribution in [1.29, 1.82) is 0 Å². The summed E-state index contributed by atoms with van der Waals surface area (Å²) in [5.41, 5.74) is 1.92. The summed E-state index contributed by atoms with van der Waals surface area (Å²) in [6, 6.07) is 5.32. The van der Waals surface area contributed by atoms with Gasteiger partial charge in [0.25, 0.3) is 5.91 Å². The maximum atomic E-state index is 12.0. The van der Waals surface area contributed by atoms with Crippen molar-refractivity contribution in [3.05, 3.63) is 28.2 Å². The molecule has 0 bridgehead atoms. The second-order valence-electron chi connectivity index (χ2n) is 4.29. The van der Waals surface area contributed by atoms with E-state index in [1.807, 2.05) is 32.0 Å². The Morgan fingerprint density at radius 1 is 1.44 bits per heavy atom. The van der Waals surface area contributed by atoms with E-state index in [1.54, 1.807) is 0 Å². The van der Waals surface area contributed by atoms with Crippen LogP contribution in [-0.4, -0.2) is 29.3 Å². The van der Waals surface area contributed by atoms with E-state index in [9.17, 15) is 9.59 Å². The lowest BCUT2D eigenvalue weighted by Crippen LogP contribution is -2.34. The SMILES string of the molecule is CCN1C(=O)CC(Nc2cccc(Br)c2C)C1=O. The molecule has 1 N–H and O–H groups in total. The fourth-order valence-electron chi connectivity index (χ4n) is 2.08. The predicted molar refractivity (Wildman–Crippen MR) is 73.3 cm³/mol. The van der Waals surface area contributed by atoms with Crippen LogP contribution in [0, 0.1) is 6.92 Å². The fourth-order valence-corrected chi connectivity index (χ4v) is 2.45. The second kappa shape index (κ2) is 5.10. The standard InChI is InChI=1S/C13H15BrN2O2/c1-3-16-12(17)7-11(13(16)18)15-10-6-4-5-9(14)8(10)2/h4-6,11,15H,3,7H2,1-2H3. The molecular formula is C13H15BrN2O2. The minimum absolute atomic E-state index is 0.104. The summed E-state index contributed by atoms with van der Waals surface area (Å²) >= 11 is 3.45. The van der Waals surface area contributed by atoms with Crippen molar-refractivity contribution < 1.29 is 9.59 Å². The molecule has 96 valence electrons. The molecule has 0 aromatic heterocycles. The Bertz CT molecular complexity index is 502. The van der Waals surface area contributed by atoms with Gasteiger partial charge < -0.3 is 5.32 Å². The van der Waals surface area contributed by atoms with Crippen LogP contribution in [0.5, 0.6) is 0 Å². The molecule has 4 nitrogen and oxygen atoms in total. The zero-order valence-electron chi connectivity index (χ0n) is 10.4. The van der Waals surface area contributed by atoms with Crippen molar-refractivity contribution in [2.24, 2.45) is 0 Å². The van der Waals surface area contributed by atoms with E-state index in [4.69, 9.17) is 0 Å². The maximum Gasteiger partial charge on any atom is 0.252 e. The molecule has 2 rings (SSSR count). The normalized spacial score (nSPS) is 19.5. The molecule has 2 amide bonds. The molecule has 1 atom stereocenters. The van der Waals surface area contributed by atoms with Crippen LogP contribution in [0.15, 0.2) is 22.7 Å². The number of nitrogens with zero attached hydrogens (tertiary/aromatic N) is 1. The number of imide groups is 1. The number of hydrogen-bond acceptors (Lipinski definition) is 3. The lowest BCUT2D eigenvalue weighted by atomic mass is 10.1. The molecule has 1 fully saturated rings. The van der Waals surface area contributed by atoms with Gasteiger partial charge in [-0.2, -0.15) is 0 Å². The van der Waals surface area contributed by atoms with Gasteiger partial charge in [-0.25, -0.2) is 0 Å². The Morgan fingerprint density at radius 3 is 2.78 bits per heavy atom. The van der Waals surface area contributed by atoms with Crippen LogP contribution < -0.4 is 5.32 Å². The first kappa shape index (κ1) is 13.1. The molecule has 1 aliphatic heterocycles. The van der Waals surface area contributed by atoms with Gasteiger partial charge in [-0.15, -0.1) is 0 Å². The number of halogens is 1. The molecular weight excluding hydrogens is 296 g/mol. The Morgan fingerprint density at radius 2 is 2.17 bits per heavy atom. The van der Waals surface area contributed by atoms with E-state index in [-0.39, 0.29) is 18.2 Å². The molecule has 0 radical (unpaired) electrons. The van der Waals surface area contributed by atoms with Gasteiger partial charge in [-0.3, -0.25) is 14.5 Å².